The van der Waals surface area contributed by atoms with Crippen molar-refractivity contribution in [2.45, 2.75) is 82.3 Å². The standard InChI is InChI=1S/C28H36O8/c1-14-11-15(2)28-18(12-22(33-4)27(32)35-24(14)16(3)29)9-10-19-23(28)20(30)13-21(25(19)36-28)34-26(31)17-7-5-6-8-17/h5-7,9-11,14,16,18-25,29-30H,8,12-13H2,1-4H3/b15-11+/t14-,16-,18-,19-,20-,21?,22+,23+,24+,25-,28+/m1/s1. The van der Waals surface area contributed by atoms with Gasteiger partial charge in [-0.2, -0.15) is 0 Å². The number of ether oxygens (including phenoxy) is 4. The predicted octanol–water partition coefficient (Wildman–Crippen LogP) is 2.40. The van der Waals surface area contributed by atoms with Crippen LogP contribution >= 0.6 is 0 Å². The maximum Gasteiger partial charge on any atom is 0.335 e. The highest BCUT2D eigenvalue weighted by molar-refractivity contribution is 5.90. The zero-order valence-corrected chi connectivity index (χ0v) is 21.2. The number of cyclic esters (lactones) is 1. The van der Waals surface area contributed by atoms with Crippen LogP contribution in [0.15, 0.2) is 47.6 Å². The third-order valence-corrected chi connectivity index (χ3v) is 8.67. The molecule has 2 heterocycles. The summed E-state index contributed by atoms with van der Waals surface area (Å²) in [6.07, 6.45) is 8.44. The van der Waals surface area contributed by atoms with Crippen LogP contribution in [0, 0.1) is 23.7 Å². The fraction of sp³-hybridized carbons (Fsp3) is 0.643. The Balaban J connectivity index is 1.53. The molecule has 0 radical (unpaired) electrons. The molecule has 1 saturated carbocycles. The Hall–Kier alpha value is -2.26. The maximum atomic E-state index is 13.0. The average Bonchev–Trinajstić information content (AvgIpc) is 3.42. The smallest absolute Gasteiger partial charge is 0.335 e. The second kappa shape index (κ2) is 9.56. The number of carbonyl (C=O) groups is 2. The van der Waals surface area contributed by atoms with Gasteiger partial charge in [-0.1, -0.05) is 43.4 Å². The van der Waals surface area contributed by atoms with Gasteiger partial charge in [-0.3, -0.25) is 0 Å². The number of methoxy groups -OCH3 is 1. The van der Waals surface area contributed by atoms with Gasteiger partial charge in [-0.05, 0) is 32.3 Å². The molecule has 5 rings (SSSR count). The Morgan fingerprint density at radius 1 is 1.28 bits per heavy atom. The molecule has 1 spiro atoms. The monoisotopic (exact) mass is 500 g/mol. The van der Waals surface area contributed by atoms with Crippen LogP contribution in [0.4, 0.5) is 0 Å². The van der Waals surface area contributed by atoms with Gasteiger partial charge in [0.25, 0.3) is 0 Å². The number of hydrogen-bond acceptors (Lipinski definition) is 8. The number of carbonyl (C=O) groups excluding carboxylic acids is 2. The van der Waals surface area contributed by atoms with Gasteiger partial charge in [0.05, 0.1) is 12.2 Å². The predicted molar refractivity (Wildman–Crippen MR) is 129 cm³/mol. The van der Waals surface area contributed by atoms with E-state index in [1.807, 2.05) is 38.2 Å². The van der Waals surface area contributed by atoms with Crippen LogP contribution in [-0.2, 0) is 28.5 Å². The summed E-state index contributed by atoms with van der Waals surface area (Å²) in [4.78, 5) is 25.8. The van der Waals surface area contributed by atoms with Crippen LogP contribution in [0.25, 0.3) is 0 Å². The SMILES string of the molecule is CO[C@H]1C[C@H]2C=C[C@@H]3[C@H]4[C@H](O)CC(OC(=O)C5=CC=CC5)[C@@H]3O[C@]42/C(C)=C/[C@@H](C)[C@@H]([C@@H](C)O)OC1=O. The van der Waals surface area contributed by atoms with Gasteiger partial charge >= 0.3 is 11.9 Å². The molecule has 2 N–H and O–H groups in total. The number of hydrogen-bond donors (Lipinski definition) is 2. The molecule has 5 aliphatic rings. The minimum Gasteiger partial charge on any atom is -0.457 e. The van der Waals surface area contributed by atoms with Gasteiger partial charge in [-0.15, -0.1) is 0 Å². The van der Waals surface area contributed by atoms with Crippen molar-refractivity contribution in [1.29, 1.82) is 0 Å². The summed E-state index contributed by atoms with van der Waals surface area (Å²) in [7, 11) is 1.47. The first kappa shape index (κ1) is 25.4. The normalized spacial score (nSPS) is 45.7. The van der Waals surface area contributed by atoms with Crippen molar-refractivity contribution in [1.82, 2.24) is 0 Å². The third kappa shape index (κ3) is 3.99. The van der Waals surface area contributed by atoms with E-state index in [4.69, 9.17) is 18.9 Å². The minimum atomic E-state index is -0.898. The summed E-state index contributed by atoms with van der Waals surface area (Å²) in [6, 6.07) is 0. The molecule has 8 nitrogen and oxygen atoms in total. The number of aliphatic hydroxyl groups excluding tert-OH is 2. The van der Waals surface area contributed by atoms with Gasteiger partial charge in [-0.25, -0.2) is 9.59 Å². The number of esters is 2. The van der Waals surface area contributed by atoms with Crippen molar-refractivity contribution in [3.8, 4) is 0 Å². The molecule has 196 valence electrons. The molecular weight excluding hydrogens is 464 g/mol. The number of aliphatic hydroxyl groups is 2. The zero-order valence-electron chi connectivity index (χ0n) is 21.2. The first-order chi connectivity index (χ1) is 17.2. The van der Waals surface area contributed by atoms with Crippen LogP contribution in [0.1, 0.15) is 40.0 Å². The molecule has 3 aliphatic carbocycles. The largest absolute Gasteiger partial charge is 0.457 e. The van der Waals surface area contributed by atoms with Crippen molar-refractivity contribution >= 4 is 11.9 Å². The Labute approximate surface area is 211 Å². The summed E-state index contributed by atoms with van der Waals surface area (Å²) in [5.41, 5.74) is 0.604. The second-order valence-corrected chi connectivity index (χ2v) is 10.9. The van der Waals surface area contributed by atoms with Crippen LogP contribution in [0.3, 0.4) is 0 Å². The lowest BCUT2D eigenvalue weighted by molar-refractivity contribution is -0.172. The lowest BCUT2D eigenvalue weighted by Crippen LogP contribution is -2.54. The molecule has 0 amide bonds. The highest BCUT2D eigenvalue weighted by Gasteiger charge is 2.67. The summed E-state index contributed by atoms with van der Waals surface area (Å²) in [5.74, 6) is -1.88. The van der Waals surface area contributed by atoms with Crippen LogP contribution in [0.5, 0.6) is 0 Å². The summed E-state index contributed by atoms with van der Waals surface area (Å²) in [5, 5.41) is 21.8. The summed E-state index contributed by atoms with van der Waals surface area (Å²) in [6.45, 7) is 5.47. The van der Waals surface area contributed by atoms with E-state index in [1.165, 1.54) is 7.11 Å². The first-order valence-corrected chi connectivity index (χ1v) is 12.9. The lowest BCUT2D eigenvalue weighted by atomic mass is 9.59. The zero-order chi connectivity index (χ0) is 25.8. The molecule has 36 heavy (non-hydrogen) atoms. The van der Waals surface area contributed by atoms with Crippen molar-refractivity contribution in [2.24, 2.45) is 23.7 Å². The fourth-order valence-corrected chi connectivity index (χ4v) is 7.05. The first-order valence-electron chi connectivity index (χ1n) is 12.9. The van der Waals surface area contributed by atoms with E-state index in [2.05, 4.69) is 6.08 Å². The van der Waals surface area contributed by atoms with Gasteiger partial charge in [0.1, 0.15) is 23.9 Å². The summed E-state index contributed by atoms with van der Waals surface area (Å²) < 4.78 is 24.0. The minimum absolute atomic E-state index is 0.138. The van der Waals surface area contributed by atoms with Crippen LogP contribution in [-0.4, -0.2) is 71.5 Å². The van der Waals surface area contributed by atoms with Crippen LogP contribution < -0.4 is 0 Å². The highest BCUT2D eigenvalue weighted by atomic mass is 16.6. The Morgan fingerprint density at radius 3 is 2.72 bits per heavy atom. The molecule has 0 aromatic heterocycles. The van der Waals surface area contributed by atoms with Gasteiger partial charge < -0.3 is 29.2 Å². The summed E-state index contributed by atoms with van der Waals surface area (Å²) >= 11 is 0. The van der Waals surface area contributed by atoms with Crippen molar-refractivity contribution in [3.05, 3.63) is 47.6 Å². The molecule has 0 aromatic carbocycles. The van der Waals surface area contributed by atoms with E-state index in [9.17, 15) is 19.8 Å². The van der Waals surface area contributed by atoms with E-state index in [0.29, 0.717) is 18.4 Å². The lowest BCUT2D eigenvalue weighted by Gasteiger charge is -2.47. The molecule has 1 saturated heterocycles. The third-order valence-electron chi connectivity index (χ3n) is 8.67. The van der Waals surface area contributed by atoms with Gasteiger partial charge in [0.15, 0.2) is 6.10 Å². The molecule has 8 heteroatoms. The fourth-order valence-electron chi connectivity index (χ4n) is 7.05. The van der Waals surface area contributed by atoms with Gasteiger partial charge in [0.2, 0.25) is 0 Å². The Bertz CT molecular complexity index is 1020. The molecule has 1 unspecified atom stereocenters. The van der Waals surface area contributed by atoms with Crippen molar-refractivity contribution in [2.75, 3.05) is 7.11 Å². The molecule has 0 aromatic rings. The highest BCUT2D eigenvalue weighted by Crippen LogP contribution is 2.60. The maximum absolute atomic E-state index is 13.0. The second-order valence-electron chi connectivity index (χ2n) is 10.9. The van der Waals surface area contributed by atoms with Gasteiger partial charge in [0, 0.05) is 42.8 Å². The number of allylic oxidation sites excluding steroid dienone is 3. The molecule has 2 fully saturated rings. The van der Waals surface area contributed by atoms with Crippen molar-refractivity contribution in [3.63, 3.8) is 0 Å². The average molecular weight is 501 g/mol. The van der Waals surface area contributed by atoms with Crippen molar-refractivity contribution < 1.29 is 38.7 Å². The Morgan fingerprint density at radius 2 is 2.06 bits per heavy atom. The van der Waals surface area contributed by atoms with E-state index >= 15 is 0 Å². The Kier molecular flexibility index (Phi) is 6.74. The quantitative estimate of drug-likeness (QED) is 0.447. The molecule has 11 atom stereocenters. The number of rotatable bonds is 4. The van der Waals surface area contributed by atoms with E-state index in [1.54, 1.807) is 13.0 Å². The molecular formula is C28H36O8. The van der Waals surface area contributed by atoms with E-state index < -0.39 is 48.2 Å². The van der Waals surface area contributed by atoms with Crippen LogP contribution in [0.2, 0.25) is 0 Å². The molecule has 4 bridgehead atoms. The van der Waals surface area contributed by atoms with E-state index in [-0.39, 0.29) is 36.1 Å². The molecule has 2 aliphatic heterocycles. The topological polar surface area (TPSA) is 112 Å². The van der Waals surface area contributed by atoms with E-state index in [0.717, 1.165) is 5.57 Å².